The summed E-state index contributed by atoms with van der Waals surface area (Å²) in [5.41, 5.74) is 2.43. The Bertz CT molecular complexity index is 365. The molecule has 2 nitrogen and oxygen atoms in total. The van der Waals surface area contributed by atoms with Gasteiger partial charge in [-0.3, -0.25) is 0 Å². The van der Waals surface area contributed by atoms with Crippen molar-refractivity contribution in [2.75, 3.05) is 6.54 Å². The first-order chi connectivity index (χ1) is 8.91. The van der Waals surface area contributed by atoms with Crippen LogP contribution in [0.3, 0.4) is 0 Å². The molecule has 1 aromatic rings. The lowest BCUT2D eigenvalue weighted by molar-refractivity contribution is 0.156. The van der Waals surface area contributed by atoms with Gasteiger partial charge in [-0.25, -0.2) is 0 Å². The summed E-state index contributed by atoms with van der Waals surface area (Å²) in [5, 5.41) is 13.7. The lowest BCUT2D eigenvalue weighted by atomic mass is 9.94. The molecule has 0 saturated carbocycles. The van der Waals surface area contributed by atoms with Gasteiger partial charge in [-0.2, -0.15) is 0 Å². The molecule has 0 fully saturated rings. The van der Waals surface area contributed by atoms with E-state index in [1.165, 1.54) is 5.56 Å². The summed E-state index contributed by atoms with van der Waals surface area (Å²) in [4.78, 5) is 0. The molecule has 108 valence electrons. The molecule has 19 heavy (non-hydrogen) atoms. The van der Waals surface area contributed by atoms with Gasteiger partial charge in [-0.1, -0.05) is 52.0 Å². The number of nitrogens with one attached hydrogen (secondary N) is 1. The number of hydrogen-bond donors (Lipinski definition) is 2. The van der Waals surface area contributed by atoms with Crippen molar-refractivity contribution < 1.29 is 5.11 Å². The largest absolute Gasteiger partial charge is 0.387 e. The summed E-state index contributed by atoms with van der Waals surface area (Å²) >= 11 is 0. The summed E-state index contributed by atoms with van der Waals surface area (Å²) in [6.07, 6.45) is 1.71. The van der Waals surface area contributed by atoms with E-state index in [0.717, 1.165) is 18.4 Å². The van der Waals surface area contributed by atoms with E-state index < -0.39 is 6.10 Å². The van der Waals surface area contributed by atoms with E-state index in [1.54, 1.807) is 0 Å². The number of benzene rings is 1. The molecule has 2 N–H and O–H groups in total. The molecule has 0 bridgehead atoms. The first kappa shape index (κ1) is 16.2. The SMILES string of the molecule is CCC(C)(CC)NCC(O)c1ccc(C(C)C)cc1. The number of aliphatic hydroxyl groups is 1. The molecule has 0 radical (unpaired) electrons. The van der Waals surface area contributed by atoms with Crippen molar-refractivity contribution >= 4 is 0 Å². The van der Waals surface area contributed by atoms with Crippen molar-refractivity contribution in [1.29, 1.82) is 0 Å². The Balaban J connectivity index is 2.60. The first-order valence-electron chi connectivity index (χ1n) is 7.44. The Labute approximate surface area is 118 Å². The second-order valence-electron chi connectivity index (χ2n) is 5.99. The van der Waals surface area contributed by atoms with Crippen LogP contribution in [0.4, 0.5) is 0 Å². The molecule has 0 saturated heterocycles. The van der Waals surface area contributed by atoms with Crippen LogP contribution in [0, 0.1) is 0 Å². The van der Waals surface area contributed by atoms with Crippen molar-refractivity contribution in [3.05, 3.63) is 35.4 Å². The Morgan fingerprint density at radius 1 is 1.05 bits per heavy atom. The van der Waals surface area contributed by atoms with Crippen LogP contribution in [0.25, 0.3) is 0 Å². The van der Waals surface area contributed by atoms with E-state index >= 15 is 0 Å². The Morgan fingerprint density at radius 3 is 1.95 bits per heavy atom. The molecule has 0 aliphatic rings. The molecule has 0 aromatic heterocycles. The van der Waals surface area contributed by atoms with Gasteiger partial charge in [0.25, 0.3) is 0 Å². The van der Waals surface area contributed by atoms with Crippen LogP contribution in [-0.2, 0) is 0 Å². The zero-order valence-corrected chi connectivity index (χ0v) is 13.0. The summed E-state index contributed by atoms with van der Waals surface area (Å²) in [6.45, 7) is 11.5. The molecular formula is C17H29NO. The molecule has 1 rings (SSSR count). The zero-order chi connectivity index (χ0) is 14.5. The second kappa shape index (κ2) is 7.06. The number of aliphatic hydroxyl groups excluding tert-OH is 1. The van der Waals surface area contributed by atoms with E-state index in [0.29, 0.717) is 12.5 Å². The Hall–Kier alpha value is -0.860. The summed E-state index contributed by atoms with van der Waals surface area (Å²) < 4.78 is 0. The minimum Gasteiger partial charge on any atom is -0.387 e. The van der Waals surface area contributed by atoms with Crippen LogP contribution < -0.4 is 5.32 Å². The van der Waals surface area contributed by atoms with Gasteiger partial charge in [0, 0.05) is 12.1 Å². The zero-order valence-electron chi connectivity index (χ0n) is 13.0. The third kappa shape index (κ3) is 4.63. The molecule has 1 unspecified atom stereocenters. The Morgan fingerprint density at radius 2 is 1.53 bits per heavy atom. The van der Waals surface area contributed by atoms with Gasteiger partial charge >= 0.3 is 0 Å². The van der Waals surface area contributed by atoms with Gasteiger partial charge in [0.1, 0.15) is 0 Å². The predicted octanol–water partition coefficient (Wildman–Crippen LogP) is 4.01. The molecule has 0 amide bonds. The topological polar surface area (TPSA) is 32.3 Å². The molecule has 1 aromatic carbocycles. The molecule has 2 heteroatoms. The molecule has 0 heterocycles. The maximum atomic E-state index is 10.2. The monoisotopic (exact) mass is 263 g/mol. The highest BCUT2D eigenvalue weighted by Crippen LogP contribution is 2.20. The highest BCUT2D eigenvalue weighted by atomic mass is 16.3. The molecule has 0 aliphatic carbocycles. The minimum atomic E-state index is -0.432. The van der Waals surface area contributed by atoms with Gasteiger partial charge in [0.05, 0.1) is 6.10 Å². The quantitative estimate of drug-likeness (QED) is 0.779. The van der Waals surface area contributed by atoms with Crippen molar-refractivity contribution in [3.8, 4) is 0 Å². The van der Waals surface area contributed by atoms with E-state index in [2.05, 4.69) is 52.1 Å². The van der Waals surface area contributed by atoms with Crippen LogP contribution in [0.15, 0.2) is 24.3 Å². The van der Waals surface area contributed by atoms with E-state index in [9.17, 15) is 5.11 Å². The average Bonchev–Trinajstić information content (AvgIpc) is 2.44. The van der Waals surface area contributed by atoms with Crippen molar-refractivity contribution in [2.24, 2.45) is 0 Å². The van der Waals surface area contributed by atoms with Crippen LogP contribution >= 0.6 is 0 Å². The normalized spacial score (nSPS) is 13.8. The Kier molecular flexibility index (Phi) is 6.02. The lowest BCUT2D eigenvalue weighted by Gasteiger charge is -2.29. The second-order valence-corrected chi connectivity index (χ2v) is 5.99. The van der Waals surface area contributed by atoms with Crippen LogP contribution in [-0.4, -0.2) is 17.2 Å². The lowest BCUT2D eigenvalue weighted by Crippen LogP contribution is -2.43. The van der Waals surface area contributed by atoms with E-state index in [-0.39, 0.29) is 5.54 Å². The van der Waals surface area contributed by atoms with Crippen molar-refractivity contribution in [1.82, 2.24) is 5.32 Å². The number of hydrogen-bond acceptors (Lipinski definition) is 2. The van der Waals surface area contributed by atoms with Gasteiger partial charge in [-0.05, 0) is 36.8 Å². The van der Waals surface area contributed by atoms with Gasteiger partial charge in [-0.15, -0.1) is 0 Å². The van der Waals surface area contributed by atoms with Gasteiger partial charge in [0.2, 0.25) is 0 Å². The fourth-order valence-corrected chi connectivity index (χ4v) is 2.06. The van der Waals surface area contributed by atoms with Crippen molar-refractivity contribution in [3.63, 3.8) is 0 Å². The van der Waals surface area contributed by atoms with Gasteiger partial charge < -0.3 is 10.4 Å². The predicted molar refractivity (Wildman–Crippen MR) is 82.5 cm³/mol. The maximum Gasteiger partial charge on any atom is 0.0914 e. The molecule has 0 aliphatic heterocycles. The summed E-state index contributed by atoms with van der Waals surface area (Å²) in [7, 11) is 0. The molecule has 0 spiro atoms. The maximum absolute atomic E-state index is 10.2. The van der Waals surface area contributed by atoms with Crippen LogP contribution in [0.5, 0.6) is 0 Å². The van der Waals surface area contributed by atoms with Gasteiger partial charge in [0.15, 0.2) is 0 Å². The fraction of sp³-hybridized carbons (Fsp3) is 0.647. The summed E-state index contributed by atoms with van der Waals surface area (Å²) in [5.74, 6) is 0.535. The summed E-state index contributed by atoms with van der Waals surface area (Å²) in [6, 6.07) is 8.30. The molecular weight excluding hydrogens is 234 g/mol. The highest BCUT2D eigenvalue weighted by molar-refractivity contribution is 5.26. The smallest absolute Gasteiger partial charge is 0.0914 e. The van der Waals surface area contributed by atoms with E-state index in [4.69, 9.17) is 0 Å². The average molecular weight is 263 g/mol. The van der Waals surface area contributed by atoms with E-state index in [1.807, 2.05) is 12.1 Å². The highest BCUT2D eigenvalue weighted by Gasteiger charge is 2.20. The standard InChI is InChI=1S/C17H29NO/c1-6-17(5,7-2)18-12-16(19)15-10-8-14(9-11-15)13(3)4/h8-11,13,16,18-19H,6-7,12H2,1-5H3. The molecule has 1 atom stereocenters. The number of rotatable bonds is 7. The first-order valence-corrected chi connectivity index (χ1v) is 7.44. The fourth-order valence-electron chi connectivity index (χ4n) is 2.06. The third-order valence-corrected chi connectivity index (χ3v) is 4.27. The van der Waals surface area contributed by atoms with Crippen molar-refractivity contribution in [2.45, 2.75) is 65.0 Å². The van der Waals surface area contributed by atoms with Crippen LogP contribution in [0.1, 0.15) is 70.6 Å². The minimum absolute atomic E-state index is 0.124. The van der Waals surface area contributed by atoms with Crippen LogP contribution in [0.2, 0.25) is 0 Å². The number of β-amino-alcohol motifs (C(OH)–C–C–N with tert-alkyl or cyclic N) is 1. The third-order valence-electron chi connectivity index (χ3n) is 4.27.